The fourth-order valence-corrected chi connectivity index (χ4v) is 11.5. The molecular weight excluding hydrogens is 687 g/mol. The quantitative estimate of drug-likeness (QED) is 0.103. The van der Waals surface area contributed by atoms with Crippen LogP contribution in [0.5, 0.6) is 0 Å². The molecule has 288 valence electrons. The van der Waals surface area contributed by atoms with Crippen LogP contribution < -0.4 is 20.4 Å². The Bertz CT molecular complexity index is 1270. The van der Waals surface area contributed by atoms with Crippen LogP contribution in [-0.2, 0) is 23.5 Å². The van der Waals surface area contributed by atoms with E-state index in [0.717, 1.165) is 50.3 Å². The number of phosphoric ester groups is 1. The third-order valence-corrected chi connectivity index (χ3v) is 14.6. The minimum Gasteiger partial charge on any atom is -0.790 e. The zero-order valence-electron chi connectivity index (χ0n) is 30.2. The number of nitrogens with one attached hydrogen (secondary N) is 2. The van der Waals surface area contributed by atoms with Gasteiger partial charge in [0.15, 0.2) is 5.12 Å². The lowest BCUT2D eigenvalue weighted by atomic mass is 9.43. The van der Waals surface area contributed by atoms with Crippen LogP contribution in [0.15, 0.2) is 0 Å². The number of carbonyl (C=O) groups is 3. The third-order valence-electron chi connectivity index (χ3n) is 13.2. The minimum atomic E-state index is -5.26. The van der Waals surface area contributed by atoms with Crippen LogP contribution in [0.1, 0.15) is 98.8 Å². The van der Waals surface area contributed by atoms with E-state index in [4.69, 9.17) is 0 Å². The van der Waals surface area contributed by atoms with E-state index in [1.807, 2.05) is 0 Å². The van der Waals surface area contributed by atoms with Crippen molar-refractivity contribution >= 4 is 36.5 Å². The van der Waals surface area contributed by atoms with Crippen molar-refractivity contribution in [1.82, 2.24) is 10.6 Å². The molecule has 4 saturated carbocycles. The maximum atomic E-state index is 12.8. The standard InChI is InChI=1S/C35H61N2O11PS/c1-20(6-9-29(42)50-15-14-36-28(41)11-13-37-32(44)31(43)33(2,3)19-48-49(45,46)47)23-7-8-24-30-25(18-27(40)35(23,24)5)34(4)12-10-22(38)16-21(34)17-26(30)39/h20-27,30-31,38-40,43H,6-19H2,1-5H3,(H,36,41)(H,37,44)(H2,45,46,47)/p-2/t20-,21+,22-,23-,24+,25+,26-,27+,30+,31+,34+,35-/m1/s1. The SMILES string of the molecule is C[C@H](CCC(=O)SCCNC(=O)CCNC(=O)[C@H](O)C(C)(C)COP(=O)([O-])[O-])[C@H]1CC[C@H]2[C@@H]3[C@H](O)C[C@@H]4C[C@H](O)CC[C@]4(C)[C@H]3C[C@H](O)[C@]12C. The number of amides is 2. The number of aliphatic hydroxyl groups is 4. The molecule has 0 aromatic heterocycles. The van der Waals surface area contributed by atoms with Gasteiger partial charge in [-0.05, 0) is 97.7 Å². The van der Waals surface area contributed by atoms with Crippen LogP contribution in [0.4, 0.5) is 0 Å². The van der Waals surface area contributed by atoms with Crippen LogP contribution in [0.3, 0.4) is 0 Å². The molecule has 4 aliphatic carbocycles. The molecule has 4 fully saturated rings. The van der Waals surface area contributed by atoms with Gasteiger partial charge >= 0.3 is 0 Å². The summed E-state index contributed by atoms with van der Waals surface area (Å²) in [7, 11) is -5.26. The average Bonchev–Trinajstić information content (AvgIpc) is 3.40. The molecule has 2 amide bonds. The Kier molecular flexibility index (Phi) is 13.8. The van der Waals surface area contributed by atoms with E-state index >= 15 is 0 Å². The van der Waals surface area contributed by atoms with Crippen molar-refractivity contribution in [3.63, 3.8) is 0 Å². The Labute approximate surface area is 300 Å². The number of carbonyl (C=O) groups excluding carboxylic acids is 3. The molecule has 0 spiro atoms. The summed E-state index contributed by atoms with van der Waals surface area (Å²) < 4.78 is 14.9. The molecule has 0 bridgehead atoms. The van der Waals surface area contributed by atoms with Gasteiger partial charge in [-0.25, -0.2) is 0 Å². The third kappa shape index (κ3) is 9.34. The summed E-state index contributed by atoms with van der Waals surface area (Å²) in [5.41, 5.74) is -1.65. The van der Waals surface area contributed by atoms with Gasteiger partial charge in [-0.2, -0.15) is 0 Å². The fourth-order valence-electron chi connectivity index (χ4n) is 10.3. The number of fused-ring (bicyclic) bond motifs is 5. The average molecular weight is 747 g/mol. The van der Waals surface area contributed by atoms with Gasteiger partial charge in [0.25, 0.3) is 0 Å². The van der Waals surface area contributed by atoms with E-state index in [2.05, 4.69) is 35.9 Å². The van der Waals surface area contributed by atoms with E-state index in [0.29, 0.717) is 25.0 Å². The fraction of sp³-hybridized carbons (Fsp3) is 0.914. The normalized spacial score (nSPS) is 36.8. The topological polar surface area (TPSA) is 229 Å². The van der Waals surface area contributed by atoms with Gasteiger partial charge in [-0.1, -0.05) is 46.4 Å². The molecule has 0 saturated heterocycles. The zero-order chi connectivity index (χ0) is 37.2. The molecule has 0 heterocycles. The number of thioether (sulfide) groups is 1. The first-order valence-corrected chi connectivity index (χ1v) is 20.7. The lowest BCUT2D eigenvalue weighted by Gasteiger charge is -2.63. The van der Waals surface area contributed by atoms with E-state index in [-0.39, 0.29) is 83.0 Å². The highest BCUT2D eigenvalue weighted by atomic mass is 32.2. The van der Waals surface area contributed by atoms with E-state index in [1.165, 1.54) is 13.8 Å². The van der Waals surface area contributed by atoms with Crippen molar-refractivity contribution in [1.29, 1.82) is 0 Å². The van der Waals surface area contributed by atoms with E-state index in [9.17, 15) is 49.2 Å². The predicted molar refractivity (Wildman–Crippen MR) is 184 cm³/mol. The molecule has 6 N–H and O–H groups in total. The summed E-state index contributed by atoms with van der Waals surface area (Å²) in [5.74, 6) is 0.584. The van der Waals surface area contributed by atoms with Gasteiger partial charge in [-0.15, -0.1) is 0 Å². The van der Waals surface area contributed by atoms with Crippen molar-refractivity contribution in [2.24, 2.45) is 51.8 Å². The molecule has 4 aliphatic rings. The van der Waals surface area contributed by atoms with Crippen molar-refractivity contribution in [2.75, 3.05) is 25.4 Å². The maximum Gasteiger partial charge on any atom is 0.249 e. The van der Waals surface area contributed by atoms with Gasteiger partial charge in [0.2, 0.25) is 11.8 Å². The summed E-state index contributed by atoms with van der Waals surface area (Å²) in [4.78, 5) is 58.6. The van der Waals surface area contributed by atoms with Crippen LogP contribution in [0.25, 0.3) is 0 Å². The monoisotopic (exact) mass is 746 g/mol. The minimum absolute atomic E-state index is 0.0293. The Morgan fingerprint density at radius 1 is 1.00 bits per heavy atom. The molecule has 0 aromatic carbocycles. The number of phosphoric acid groups is 1. The smallest absolute Gasteiger partial charge is 0.249 e. The van der Waals surface area contributed by atoms with Gasteiger partial charge in [-0.3, -0.25) is 14.4 Å². The number of hydrogen-bond acceptors (Lipinski definition) is 12. The Morgan fingerprint density at radius 3 is 2.38 bits per heavy atom. The van der Waals surface area contributed by atoms with Gasteiger partial charge in [0.1, 0.15) is 6.10 Å². The van der Waals surface area contributed by atoms with Crippen molar-refractivity contribution in [2.45, 2.75) is 123 Å². The second-order valence-corrected chi connectivity index (χ2v) is 19.1. The summed E-state index contributed by atoms with van der Waals surface area (Å²) in [6.07, 6.45) is 3.97. The van der Waals surface area contributed by atoms with Crippen LogP contribution in [0, 0.1) is 51.8 Å². The largest absolute Gasteiger partial charge is 0.790 e. The first-order valence-electron chi connectivity index (χ1n) is 18.3. The molecular formula is C35H59N2O11PS-2. The maximum absolute atomic E-state index is 12.8. The van der Waals surface area contributed by atoms with Crippen molar-refractivity contribution in [3.05, 3.63) is 0 Å². The van der Waals surface area contributed by atoms with Crippen LogP contribution in [-0.4, -0.2) is 87.2 Å². The molecule has 13 nitrogen and oxygen atoms in total. The zero-order valence-corrected chi connectivity index (χ0v) is 31.9. The lowest BCUT2D eigenvalue weighted by Crippen LogP contribution is -2.62. The van der Waals surface area contributed by atoms with Gasteiger partial charge in [0.05, 0.1) is 32.7 Å². The van der Waals surface area contributed by atoms with Crippen molar-refractivity contribution < 1.29 is 53.7 Å². The molecule has 0 radical (unpaired) electrons. The molecule has 0 unspecified atom stereocenters. The number of rotatable bonds is 15. The molecule has 15 heteroatoms. The molecule has 12 atom stereocenters. The summed E-state index contributed by atoms with van der Waals surface area (Å²) >= 11 is 1.16. The van der Waals surface area contributed by atoms with E-state index in [1.54, 1.807) is 0 Å². The first kappa shape index (κ1) is 41.7. The Morgan fingerprint density at radius 2 is 1.70 bits per heavy atom. The van der Waals surface area contributed by atoms with Gasteiger partial charge < -0.3 is 49.9 Å². The van der Waals surface area contributed by atoms with Gasteiger partial charge in [0, 0.05) is 37.1 Å². The first-order chi connectivity index (χ1) is 23.2. The second kappa shape index (κ2) is 16.5. The molecule has 4 rings (SSSR count). The van der Waals surface area contributed by atoms with Crippen molar-refractivity contribution in [3.8, 4) is 0 Å². The predicted octanol–water partition coefficient (Wildman–Crippen LogP) is 1.48. The molecule has 0 aromatic rings. The van der Waals surface area contributed by atoms with Crippen LogP contribution >= 0.6 is 19.6 Å². The van der Waals surface area contributed by atoms with E-state index < -0.39 is 44.1 Å². The summed E-state index contributed by atoms with van der Waals surface area (Å²) in [6, 6.07) is 0. The highest BCUT2D eigenvalue weighted by molar-refractivity contribution is 8.13. The molecule has 0 aliphatic heterocycles. The second-order valence-electron chi connectivity index (χ2n) is 16.8. The summed E-state index contributed by atoms with van der Waals surface area (Å²) in [5, 5.41) is 49.0. The van der Waals surface area contributed by atoms with Crippen LogP contribution in [0.2, 0.25) is 0 Å². The molecule has 50 heavy (non-hydrogen) atoms. The Balaban J connectivity index is 1.16. The summed E-state index contributed by atoms with van der Waals surface area (Å²) in [6.45, 7) is 8.95. The number of hydrogen-bond donors (Lipinski definition) is 6. The highest BCUT2D eigenvalue weighted by Crippen LogP contribution is 2.68. The Hall–Kier alpha value is -1.09. The highest BCUT2D eigenvalue weighted by Gasteiger charge is 2.65. The number of aliphatic hydroxyl groups excluding tert-OH is 4. The lowest BCUT2D eigenvalue weighted by molar-refractivity contribution is -0.343.